The van der Waals surface area contributed by atoms with Gasteiger partial charge in [0.2, 0.25) is 0 Å². The zero-order valence-corrected chi connectivity index (χ0v) is 9.04. The molecule has 0 amide bonds. The molecule has 0 rings (SSSR count). The Bertz CT molecular complexity index is 184. The minimum absolute atomic E-state index is 0.0464. The molecule has 2 N–H and O–H groups in total. The van der Waals surface area contributed by atoms with Gasteiger partial charge in [-0.05, 0) is 20.8 Å². The average molecular weight is 223 g/mol. The van der Waals surface area contributed by atoms with Gasteiger partial charge in [-0.25, -0.2) is 9.63 Å². The Morgan fingerprint density at radius 3 is 2.40 bits per heavy atom. The molecule has 0 saturated heterocycles. The van der Waals surface area contributed by atoms with Gasteiger partial charge in [-0.2, -0.15) is 0 Å². The fourth-order valence-electron chi connectivity index (χ4n) is 0.797. The molecule has 0 aromatic carbocycles. The van der Waals surface area contributed by atoms with Crippen molar-refractivity contribution in [2.75, 3.05) is 13.2 Å². The second-order valence-electron chi connectivity index (χ2n) is 3.22. The lowest BCUT2D eigenvalue weighted by atomic mass is 10.4. The summed E-state index contributed by atoms with van der Waals surface area (Å²) in [5.41, 5.74) is 0. The fourth-order valence-corrected chi connectivity index (χ4v) is 0.797. The molecule has 90 valence electrons. The van der Waals surface area contributed by atoms with Crippen molar-refractivity contribution in [3.8, 4) is 0 Å². The average Bonchev–Trinajstić information content (AvgIpc) is 2.00. The van der Waals surface area contributed by atoms with Crippen molar-refractivity contribution < 1.29 is 29.5 Å². The first-order valence-corrected chi connectivity index (χ1v) is 4.53. The molecule has 0 aliphatic rings. The number of ether oxygens (including phenoxy) is 2. The molecule has 15 heavy (non-hydrogen) atoms. The molecular formula is C8H17NO6. The maximum Gasteiger partial charge on any atom is 0.332 e. The van der Waals surface area contributed by atoms with Crippen molar-refractivity contribution in [2.45, 2.75) is 33.0 Å². The Hall–Kier alpha value is -0.730. The molecule has 1 atom stereocenters. The van der Waals surface area contributed by atoms with E-state index < -0.39 is 17.5 Å². The van der Waals surface area contributed by atoms with E-state index in [1.54, 1.807) is 20.8 Å². The molecule has 0 unspecified atom stereocenters. The number of rotatable bonds is 7. The lowest BCUT2D eigenvalue weighted by Crippen LogP contribution is -2.27. The lowest BCUT2D eigenvalue weighted by Gasteiger charge is -2.14. The summed E-state index contributed by atoms with van der Waals surface area (Å²) in [5, 5.41) is 16.1. The highest BCUT2D eigenvalue weighted by atomic mass is 17.1. The van der Waals surface area contributed by atoms with E-state index in [1.165, 1.54) is 0 Å². The number of nitrogens with zero attached hydrogens (tertiary/aromatic N) is 1. The van der Waals surface area contributed by atoms with Crippen molar-refractivity contribution in [3.63, 3.8) is 0 Å². The van der Waals surface area contributed by atoms with Gasteiger partial charge in [-0.1, -0.05) is 0 Å². The molecule has 0 aliphatic carbocycles. The van der Waals surface area contributed by atoms with Crippen molar-refractivity contribution in [1.29, 1.82) is 0 Å². The third-order valence-electron chi connectivity index (χ3n) is 1.21. The molecule has 0 aromatic heterocycles. The van der Waals surface area contributed by atoms with Crippen LogP contribution in [0.2, 0.25) is 0 Å². The molecule has 7 nitrogen and oxygen atoms in total. The van der Waals surface area contributed by atoms with E-state index in [1.807, 2.05) is 0 Å². The Kier molecular flexibility index (Phi) is 7.18. The van der Waals surface area contributed by atoms with E-state index in [0.29, 0.717) is 0 Å². The summed E-state index contributed by atoms with van der Waals surface area (Å²) in [6.45, 7) is 4.87. The third-order valence-corrected chi connectivity index (χ3v) is 1.21. The van der Waals surface area contributed by atoms with E-state index in [0.717, 1.165) is 0 Å². The molecule has 0 bridgehead atoms. The van der Waals surface area contributed by atoms with Gasteiger partial charge < -0.3 is 9.47 Å². The van der Waals surface area contributed by atoms with Crippen LogP contribution in [0.1, 0.15) is 20.8 Å². The Morgan fingerprint density at radius 1 is 1.33 bits per heavy atom. The molecule has 0 spiro atoms. The van der Waals surface area contributed by atoms with Gasteiger partial charge in [0.1, 0.15) is 12.7 Å². The van der Waals surface area contributed by atoms with Crippen LogP contribution in [0, 0.1) is 0 Å². The zero-order valence-electron chi connectivity index (χ0n) is 9.04. The van der Waals surface area contributed by atoms with E-state index in [9.17, 15) is 4.79 Å². The van der Waals surface area contributed by atoms with Gasteiger partial charge >= 0.3 is 5.97 Å². The van der Waals surface area contributed by atoms with Crippen LogP contribution < -0.4 is 0 Å². The van der Waals surface area contributed by atoms with E-state index in [-0.39, 0.29) is 19.3 Å². The topological polar surface area (TPSA) is 88.5 Å². The smallest absolute Gasteiger partial charge is 0.332 e. The molecule has 0 fully saturated rings. The summed E-state index contributed by atoms with van der Waals surface area (Å²) in [5.74, 6) is -0.470. The number of hydrogen-bond acceptors (Lipinski definition) is 7. The molecular weight excluding hydrogens is 206 g/mol. The quantitative estimate of drug-likeness (QED) is 0.475. The summed E-state index contributed by atoms with van der Waals surface area (Å²) in [7, 11) is 0. The minimum atomic E-state index is -0.577. The molecule has 0 radical (unpaired) electrons. The largest absolute Gasteiger partial charge is 0.461 e. The molecule has 0 aliphatic heterocycles. The third kappa shape index (κ3) is 9.57. The Morgan fingerprint density at radius 2 is 1.93 bits per heavy atom. The van der Waals surface area contributed by atoms with Crippen LogP contribution in [0.25, 0.3) is 0 Å². The Labute approximate surface area is 88.0 Å². The zero-order chi connectivity index (χ0) is 11.8. The lowest BCUT2D eigenvalue weighted by molar-refractivity contribution is -0.504. The van der Waals surface area contributed by atoms with Gasteiger partial charge in [0.15, 0.2) is 0 Å². The van der Waals surface area contributed by atoms with Crippen LogP contribution >= 0.6 is 0 Å². The predicted octanol–water partition coefficient (Wildman–Crippen LogP) is 0.355. The minimum Gasteiger partial charge on any atom is -0.461 e. The maximum absolute atomic E-state index is 11.0. The molecule has 7 heteroatoms. The highest BCUT2D eigenvalue weighted by molar-refractivity contribution is 5.70. The number of esters is 1. The first kappa shape index (κ1) is 14.3. The standard InChI is InChI=1S/C8H17NO6/c1-6(2)14-8(10)5-13-4-7(3)15-9(11)12/h6-7,11-12H,4-5H2,1-3H3/t7-/m0/s1. The normalized spacial score (nSPS) is 13.3. The van der Waals surface area contributed by atoms with Crippen molar-refractivity contribution in [3.05, 3.63) is 0 Å². The molecule has 0 aromatic rings. The Balaban J connectivity index is 3.48. The fraction of sp³-hybridized carbons (Fsp3) is 0.875. The molecule has 0 saturated carbocycles. The van der Waals surface area contributed by atoms with Crippen molar-refractivity contribution in [1.82, 2.24) is 5.39 Å². The summed E-state index contributed by atoms with van der Waals surface area (Å²) in [4.78, 5) is 15.3. The van der Waals surface area contributed by atoms with E-state index in [2.05, 4.69) is 4.84 Å². The van der Waals surface area contributed by atoms with Crippen LogP contribution in [0.3, 0.4) is 0 Å². The first-order valence-electron chi connectivity index (χ1n) is 4.53. The summed E-state index contributed by atoms with van der Waals surface area (Å²) in [6.07, 6.45) is -0.757. The highest BCUT2D eigenvalue weighted by Gasteiger charge is 2.09. The van der Waals surface area contributed by atoms with Crippen molar-refractivity contribution in [2.24, 2.45) is 0 Å². The second-order valence-corrected chi connectivity index (χ2v) is 3.22. The monoisotopic (exact) mass is 223 g/mol. The maximum atomic E-state index is 11.0. The number of carbonyl (C=O) groups is 1. The van der Waals surface area contributed by atoms with Crippen LogP contribution in [-0.4, -0.2) is 47.2 Å². The van der Waals surface area contributed by atoms with Gasteiger partial charge in [0, 0.05) is 0 Å². The molecule has 0 heterocycles. The number of hydrogen-bond donors (Lipinski definition) is 2. The van der Waals surface area contributed by atoms with E-state index in [4.69, 9.17) is 19.9 Å². The van der Waals surface area contributed by atoms with Crippen LogP contribution in [0.15, 0.2) is 0 Å². The predicted molar refractivity (Wildman–Crippen MR) is 48.0 cm³/mol. The van der Waals surface area contributed by atoms with Gasteiger partial charge in [-0.3, -0.25) is 10.4 Å². The summed E-state index contributed by atoms with van der Waals surface area (Å²) >= 11 is 0. The van der Waals surface area contributed by atoms with Crippen LogP contribution in [-0.2, 0) is 19.1 Å². The second kappa shape index (κ2) is 7.55. The van der Waals surface area contributed by atoms with Crippen LogP contribution in [0.5, 0.6) is 0 Å². The highest BCUT2D eigenvalue weighted by Crippen LogP contribution is 1.95. The summed E-state index contributed by atoms with van der Waals surface area (Å²) < 4.78 is 9.71. The summed E-state index contributed by atoms with van der Waals surface area (Å²) in [6, 6.07) is 0. The van der Waals surface area contributed by atoms with Gasteiger partial charge in [0.25, 0.3) is 0 Å². The van der Waals surface area contributed by atoms with Gasteiger partial charge in [0.05, 0.1) is 18.1 Å². The van der Waals surface area contributed by atoms with Crippen LogP contribution in [0.4, 0.5) is 0 Å². The number of carbonyl (C=O) groups excluding carboxylic acids is 1. The van der Waals surface area contributed by atoms with E-state index >= 15 is 0 Å². The first-order chi connectivity index (χ1) is 6.91. The SMILES string of the molecule is CC(C)OC(=O)COC[C@H](C)ON(O)O. The van der Waals surface area contributed by atoms with Gasteiger partial charge in [-0.15, -0.1) is 0 Å². The van der Waals surface area contributed by atoms with Crippen molar-refractivity contribution >= 4 is 5.97 Å².